The zero-order valence-corrected chi connectivity index (χ0v) is 11.6. The average Bonchev–Trinajstić information content (AvgIpc) is 2.20. The summed E-state index contributed by atoms with van der Waals surface area (Å²) in [6.07, 6.45) is 4.10. The number of hydrogen-bond acceptors (Lipinski definition) is 4. The molecule has 0 spiro atoms. The number of rotatable bonds is 5. The molecule has 1 heterocycles. The summed E-state index contributed by atoms with van der Waals surface area (Å²) in [5, 5.41) is 7.23. The molecule has 0 amide bonds. The second-order valence-electron chi connectivity index (χ2n) is 3.76. The number of aromatic nitrogens is 2. The highest BCUT2D eigenvalue weighted by Crippen LogP contribution is 2.12. The van der Waals surface area contributed by atoms with E-state index in [-0.39, 0.29) is 5.84 Å². The fraction of sp³-hybridized carbons (Fsp3) is 0.500. The summed E-state index contributed by atoms with van der Waals surface area (Å²) in [4.78, 5) is 10.6. The quantitative estimate of drug-likeness (QED) is 0.488. The van der Waals surface area contributed by atoms with Crippen LogP contribution in [0.25, 0.3) is 0 Å². The molecule has 5 nitrogen and oxygen atoms in total. The van der Waals surface area contributed by atoms with Crippen LogP contribution in [0.4, 0.5) is 5.95 Å². The highest BCUT2D eigenvalue weighted by molar-refractivity contribution is 14.1. The summed E-state index contributed by atoms with van der Waals surface area (Å²) >= 11 is 2.17. The van der Waals surface area contributed by atoms with Crippen molar-refractivity contribution in [3.05, 3.63) is 16.0 Å². The molecule has 0 atom stereocenters. The van der Waals surface area contributed by atoms with E-state index >= 15 is 0 Å². The molecule has 1 rings (SSSR count). The van der Waals surface area contributed by atoms with E-state index in [2.05, 4.69) is 46.4 Å². The fourth-order valence-electron chi connectivity index (χ4n) is 1.28. The maximum absolute atomic E-state index is 7.23. The highest BCUT2D eigenvalue weighted by Gasteiger charge is 2.13. The van der Waals surface area contributed by atoms with E-state index in [0.717, 1.165) is 3.57 Å². The van der Waals surface area contributed by atoms with Crippen molar-refractivity contribution in [2.24, 2.45) is 5.73 Å². The molecule has 0 unspecified atom stereocenters. The second-order valence-corrected chi connectivity index (χ2v) is 5.01. The van der Waals surface area contributed by atoms with Gasteiger partial charge in [0.25, 0.3) is 0 Å². The minimum Gasteiger partial charge on any atom is -0.388 e. The van der Waals surface area contributed by atoms with Gasteiger partial charge in [-0.15, -0.1) is 0 Å². The molecule has 0 saturated carbocycles. The van der Waals surface area contributed by atoms with E-state index in [9.17, 15) is 0 Å². The van der Waals surface area contributed by atoms with Crippen LogP contribution in [0.5, 0.6) is 0 Å². The lowest BCUT2D eigenvalue weighted by Crippen LogP contribution is -2.35. The van der Waals surface area contributed by atoms with Gasteiger partial charge in [-0.25, -0.2) is 9.97 Å². The van der Waals surface area contributed by atoms with Crippen molar-refractivity contribution in [3.63, 3.8) is 0 Å². The van der Waals surface area contributed by atoms with Crippen LogP contribution in [0.1, 0.15) is 20.3 Å². The Hall–Kier alpha value is -0.920. The summed E-state index contributed by atoms with van der Waals surface area (Å²) in [6.45, 7) is 4.82. The lowest BCUT2D eigenvalue weighted by atomic mass is 10.3. The summed E-state index contributed by atoms with van der Waals surface area (Å²) in [6, 6.07) is 0.291. The number of nitrogens with zero attached hydrogens (tertiary/aromatic N) is 3. The van der Waals surface area contributed by atoms with E-state index < -0.39 is 0 Å². The van der Waals surface area contributed by atoms with Crippen molar-refractivity contribution in [1.82, 2.24) is 9.97 Å². The van der Waals surface area contributed by atoms with Gasteiger partial charge in [0.05, 0.1) is 5.84 Å². The Kier molecular flexibility index (Phi) is 4.91. The van der Waals surface area contributed by atoms with Crippen LogP contribution >= 0.6 is 22.6 Å². The predicted octanol–water partition coefficient (Wildman–Crippen LogP) is 1.62. The van der Waals surface area contributed by atoms with Crippen LogP contribution in [0.2, 0.25) is 0 Å². The van der Waals surface area contributed by atoms with Crippen LogP contribution in [-0.4, -0.2) is 28.4 Å². The Balaban J connectivity index is 2.77. The molecule has 1 aromatic rings. The molecule has 3 N–H and O–H groups in total. The molecule has 0 fully saturated rings. The minimum atomic E-state index is 0.191. The Morgan fingerprint density at radius 3 is 2.50 bits per heavy atom. The molecule has 0 radical (unpaired) electrons. The largest absolute Gasteiger partial charge is 0.388 e. The molecule has 0 aliphatic rings. The van der Waals surface area contributed by atoms with Crippen LogP contribution < -0.4 is 10.6 Å². The first kappa shape index (κ1) is 13.1. The van der Waals surface area contributed by atoms with Crippen molar-refractivity contribution in [2.45, 2.75) is 26.3 Å². The standard InChI is InChI=1S/C10H16IN5/c1-7(2)16(4-3-9(12)13)10-14-5-8(11)6-15-10/h5-7H,3-4H2,1-2H3,(H3,12,13). The Labute approximate surface area is 109 Å². The maximum Gasteiger partial charge on any atom is 0.225 e. The van der Waals surface area contributed by atoms with E-state index in [1.807, 2.05) is 4.90 Å². The molecular weight excluding hydrogens is 317 g/mol. The third kappa shape index (κ3) is 3.92. The van der Waals surface area contributed by atoms with Crippen molar-refractivity contribution < 1.29 is 0 Å². The molecule has 88 valence electrons. The van der Waals surface area contributed by atoms with Gasteiger partial charge >= 0.3 is 0 Å². The van der Waals surface area contributed by atoms with Gasteiger partial charge in [-0.1, -0.05) is 0 Å². The normalized spacial score (nSPS) is 10.5. The molecule has 0 saturated heterocycles. The molecule has 0 aromatic carbocycles. The van der Waals surface area contributed by atoms with Gasteiger partial charge in [-0.3, -0.25) is 5.41 Å². The molecule has 0 aliphatic heterocycles. The third-order valence-corrected chi connectivity index (χ3v) is 2.67. The number of nitrogens with two attached hydrogens (primary N) is 1. The van der Waals surface area contributed by atoms with Gasteiger partial charge in [-0.2, -0.15) is 0 Å². The molecule has 1 aromatic heterocycles. The molecule has 0 bridgehead atoms. The number of nitrogens with one attached hydrogen (secondary N) is 1. The molecule has 6 heteroatoms. The zero-order valence-electron chi connectivity index (χ0n) is 9.44. The first-order chi connectivity index (χ1) is 7.50. The first-order valence-electron chi connectivity index (χ1n) is 5.07. The Morgan fingerprint density at radius 2 is 2.06 bits per heavy atom. The summed E-state index contributed by atoms with van der Waals surface area (Å²) < 4.78 is 1.01. The minimum absolute atomic E-state index is 0.191. The second kappa shape index (κ2) is 5.97. The summed E-state index contributed by atoms with van der Waals surface area (Å²) in [5.74, 6) is 0.882. The number of hydrogen-bond donors (Lipinski definition) is 2. The van der Waals surface area contributed by atoms with Gasteiger partial charge in [-0.05, 0) is 36.4 Å². The van der Waals surface area contributed by atoms with Gasteiger partial charge in [0, 0.05) is 35.0 Å². The van der Waals surface area contributed by atoms with Crippen molar-refractivity contribution in [3.8, 4) is 0 Å². The number of amidine groups is 1. The number of anilines is 1. The van der Waals surface area contributed by atoms with Gasteiger partial charge in [0.1, 0.15) is 0 Å². The van der Waals surface area contributed by atoms with Crippen LogP contribution in [-0.2, 0) is 0 Å². The summed E-state index contributed by atoms with van der Waals surface area (Å²) in [5.41, 5.74) is 5.36. The van der Waals surface area contributed by atoms with Gasteiger partial charge in [0.2, 0.25) is 5.95 Å². The average molecular weight is 333 g/mol. The van der Waals surface area contributed by atoms with Crippen molar-refractivity contribution in [2.75, 3.05) is 11.4 Å². The third-order valence-electron chi connectivity index (χ3n) is 2.11. The van der Waals surface area contributed by atoms with Gasteiger partial charge < -0.3 is 10.6 Å². The van der Waals surface area contributed by atoms with Crippen LogP contribution in [0, 0.1) is 8.98 Å². The van der Waals surface area contributed by atoms with Crippen LogP contribution in [0.15, 0.2) is 12.4 Å². The Morgan fingerprint density at radius 1 is 1.50 bits per heavy atom. The monoisotopic (exact) mass is 333 g/mol. The lowest BCUT2D eigenvalue weighted by Gasteiger charge is -2.26. The van der Waals surface area contributed by atoms with Gasteiger partial charge in [0.15, 0.2) is 0 Å². The van der Waals surface area contributed by atoms with Crippen molar-refractivity contribution >= 4 is 34.4 Å². The highest BCUT2D eigenvalue weighted by atomic mass is 127. The topological polar surface area (TPSA) is 78.9 Å². The van der Waals surface area contributed by atoms with E-state index in [1.165, 1.54) is 0 Å². The van der Waals surface area contributed by atoms with Crippen molar-refractivity contribution in [1.29, 1.82) is 5.41 Å². The number of halogens is 1. The lowest BCUT2D eigenvalue weighted by molar-refractivity contribution is 0.667. The molecular formula is C10H16IN5. The predicted molar refractivity (Wildman–Crippen MR) is 73.8 cm³/mol. The summed E-state index contributed by atoms with van der Waals surface area (Å²) in [7, 11) is 0. The van der Waals surface area contributed by atoms with Crippen LogP contribution in [0.3, 0.4) is 0 Å². The van der Waals surface area contributed by atoms with E-state index in [4.69, 9.17) is 11.1 Å². The molecule has 16 heavy (non-hydrogen) atoms. The van der Waals surface area contributed by atoms with E-state index in [1.54, 1.807) is 12.4 Å². The Bertz CT molecular complexity index is 349. The fourth-order valence-corrected chi connectivity index (χ4v) is 1.56. The SMILES string of the molecule is CC(C)N(CCC(=N)N)c1ncc(I)cn1. The smallest absolute Gasteiger partial charge is 0.225 e. The molecule has 0 aliphatic carbocycles. The zero-order chi connectivity index (χ0) is 12.1. The first-order valence-corrected chi connectivity index (χ1v) is 6.15. The van der Waals surface area contributed by atoms with E-state index in [0.29, 0.717) is 25.0 Å². The maximum atomic E-state index is 7.23.